The molecule has 0 fully saturated rings. The highest BCUT2D eigenvalue weighted by atomic mass is 14.2. The smallest absolute Gasteiger partial charge is 0.00987 e. The Morgan fingerprint density at radius 2 is 0.391 bits per heavy atom. The van der Waals surface area contributed by atoms with Crippen molar-refractivity contribution >= 4 is 43.1 Å². The highest BCUT2D eigenvalue weighted by Gasteiger charge is 2.17. The SMILES string of the molecule is c1ccc(-c2ccc(-c3cccc4ccccc34)c3ccccc23)c(-c2ccc(-c3cccc4ccccc34)c3ccccc23)c1. The average Bonchev–Trinajstić information content (AvgIpc) is 3.13. The van der Waals surface area contributed by atoms with Gasteiger partial charge in [-0.1, -0.05) is 182 Å². The Bertz CT molecular complexity index is 2390. The third-order valence-corrected chi connectivity index (χ3v) is 9.52. The zero-order valence-corrected chi connectivity index (χ0v) is 25.3. The van der Waals surface area contributed by atoms with Crippen LogP contribution in [0.2, 0.25) is 0 Å². The molecule has 0 aromatic heterocycles. The molecule has 0 amide bonds. The van der Waals surface area contributed by atoms with Crippen molar-refractivity contribution in [2.24, 2.45) is 0 Å². The summed E-state index contributed by atoms with van der Waals surface area (Å²) >= 11 is 0. The van der Waals surface area contributed by atoms with Crippen LogP contribution in [0.5, 0.6) is 0 Å². The van der Waals surface area contributed by atoms with Gasteiger partial charge in [-0.15, -0.1) is 0 Å². The first-order valence-corrected chi connectivity index (χ1v) is 15.9. The molecule has 0 aliphatic rings. The molecule has 214 valence electrons. The summed E-state index contributed by atoms with van der Waals surface area (Å²) in [6.07, 6.45) is 0. The van der Waals surface area contributed by atoms with Crippen LogP contribution in [0.1, 0.15) is 0 Å². The molecule has 0 saturated carbocycles. The maximum atomic E-state index is 2.32. The van der Waals surface area contributed by atoms with E-state index in [1.165, 1.54) is 87.6 Å². The van der Waals surface area contributed by atoms with E-state index < -0.39 is 0 Å². The van der Waals surface area contributed by atoms with Crippen LogP contribution >= 0.6 is 0 Å². The van der Waals surface area contributed by atoms with Crippen molar-refractivity contribution in [2.45, 2.75) is 0 Å². The lowest BCUT2D eigenvalue weighted by atomic mass is 9.85. The number of hydrogen-bond acceptors (Lipinski definition) is 0. The Morgan fingerprint density at radius 3 is 0.783 bits per heavy atom. The van der Waals surface area contributed by atoms with Crippen molar-refractivity contribution in [3.05, 3.63) is 182 Å². The summed E-state index contributed by atoms with van der Waals surface area (Å²) in [6.45, 7) is 0. The second kappa shape index (κ2) is 10.9. The molecule has 0 bridgehead atoms. The van der Waals surface area contributed by atoms with Gasteiger partial charge >= 0.3 is 0 Å². The topological polar surface area (TPSA) is 0 Å². The fraction of sp³-hybridized carbons (Fsp3) is 0. The lowest BCUT2D eigenvalue weighted by molar-refractivity contribution is 1.61. The van der Waals surface area contributed by atoms with Crippen LogP contribution in [-0.2, 0) is 0 Å². The lowest BCUT2D eigenvalue weighted by Crippen LogP contribution is -1.91. The highest BCUT2D eigenvalue weighted by Crippen LogP contribution is 2.44. The van der Waals surface area contributed by atoms with Crippen LogP contribution in [0, 0.1) is 0 Å². The second-order valence-corrected chi connectivity index (χ2v) is 12.0. The highest BCUT2D eigenvalue weighted by molar-refractivity contribution is 6.14. The Labute approximate surface area is 268 Å². The number of hydrogen-bond donors (Lipinski definition) is 0. The van der Waals surface area contributed by atoms with Gasteiger partial charge in [0.05, 0.1) is 0 Å². The summed E-state index contributed by atoms with van der Waals surface area (Å²) in [5, 5.41) is 10.1. The number of rotatable bonds is 4. The van der Waals surface area contributed by atoms with Gasteiger partial charge in [0.1, 0.15) is 0 Å². The summed E-state index contributed by atoms with van der Waals surface area (Å²) in [4.78, 5) is 0. The monoisotopic (exact) mass is 582 g/mol. The van der Waals surface area contributed by atoms with Crippen molar-refractivity contribution in [1.82, 2.24) is 0 Å². The van der Waals surface area contributed by atoms with Crippen molar-refractivity contribution in [3.63, 3.8) is 0 Å². The minimum atomic E-state index is 1.24. The molecule has 0 aliphatic heterocycles. The summed E-state index contributed by atoms with van der Waals surface area (Å²) < 4.78 is 0. The van der Waals surface area contributed by atoms with Gasteiger partial charge in [-0.05, 0) is 87.6 Å². The molecule has 46 heavy (non-hydrogen) atoms. The van der Waals surface area contributed by atoms with Gasteiger partial charge in [0.15, 0.2) is 0 Å². The molecule has 0 N–H and O–H groups in total. The molecular formula is C46H30. The molecule has 0 unspecified atom stereocenters. The lowest BCUT2D eigenvalue weighted by Gasteiger charge is -2.18. The first-order valence-electron chi connectivity index (χ1n) is 15.9. The third kappa shape index (κ3) is 4.23. The van der Waals surface area contributed by atoms with E-state index in [1.54, 1.807) is 0 Å². The fourth-order valence-corrected chi connectivity index (χ4v) is 7.41. The minimum Gasteiger partial charge on any atom is -0.0616 e. The molecular weight excluding hydrogens is 553 g/mol. The first-order chi connectivity index (χ1) is 22.8. The van der Waals surface area contributed by atoms with Gasteiger partial charge in [0, 0.05) is 0 Å². The molecule has 0 heterocycles. The Hall–Kier alpha value is -5.98. The molecule has 9 rings (SSSR count). The fourth-order valence-electron chi connectivity index (χ4n) is 7.41. The van der Waals surface area contributed by atoms with Gasteiger partial charge in [0.2, 0.25) is 0 Å². The van der Waals surface area contributed by atoms with Gasteiger partial charge in [-0.3, -0.25) is 0 Å². The van der Waals surface area contributed by atoms with Crippen LogP contribution in [0.25, 0.3) is 87.6 Å². The maximum absolute atomic E-state index is 2.32. The minimum absolute atomic E-state index is 1.24. The molecule has 0 radical (unpaired) electrons. The van der Waals surface area contributed by atoms with E-state index >= 15 is 0 Å². The molecule has 0 atom stereocenters. The van der Waals surface area contributed by atoms with E-state index in [1.807, 2.05) is 0 Å². The quantitative estimate of drug-likeness (QED) is 0.194. The molecule has 9 aromatic carbocycles. The number of benzene rings is 9. The molecule has 0 aliphatic carbocycles. The molecule has 9 aromatic rings. The molecule has 0 saturated heterocycles. The van der Waals surface area contributed by atoms with Crippen molar-refractivity contribution < 1.29 is 0 Å². The van der Waals surface area contributed by atoms with Crippen LogP contribution in [0.3, 0.4) is 0 Å². The van der Waals surface area contributed by atoms with Crippen molar-refractivity contribution in [2.75, 3.05) is 0 Å². The number of fused-ring (bicyclic) bond motifs is 4. The van der Waals surface area contributed by atoms with E-state index in [9.17, 15) is 0 Å². The first kappa shape index (κ1) is 26.4. The normalized spacial score (nSPS) is 11.5. The van der Waals surface area contributed by atoms with Crippen LogP contribution < -0.4 is 0 Å². The largest absolute Gasteiger partial charge is 0.0616 e. The Kier molecular flexibility index (Phi) is 6.25. The maximum Gasteiger partial charge on any atom is -0.00987 e. The standard InChI is InChI=1S/C46H30/c1-3-17-33-31(13-1)15-11-25-35(33)43-27-29-45(39-21-7-5-19-37(39)43)41-23-9-10-24-42(41)46-30-28-44(38-20-6-8-22-40(38)46)36-26-12-16-32-14-2-4-18-34(32)36/h1-30H. The van der Waals surface area contributed by atoms with E-state index in [0.717, 1.165) is 0 Å². The van der Waals surface area contributed by atoms with Gasteiger partial charge in [-0.25, -0.2) is 0 Å². The van der Waals surface area contributed by atoms with Gasteiger partial charge in [-0.2, -0.15) is 0 Å². The Balaban J connectivity index is 1.25. The molecule has 0 nitrogen and oxygen atoms in total. The van der Waals surface area contributed by atoms with E-state index in [4.69, 9.17) is 0 Å². The Morgan fingerprint density at radius 1 is 0.152 bits per heavy atom. The molecule has 0 heteroatoms. The van der Waals surface area contributed by atoms with Gasteiger partial charge in [0.25, 0.3) is 0 Å². The summed E-state index contributed by atoms with van der Waals surface area (Å²) in [5.74, 6) is 0. The van der Waals surface area contributed by atoms with E-state index in [-0.39, 0.29) is 0 Å². The van der Waals surface area contributed by atoms with Crippen LogP contribution in [0.4, 0.5) is 0 Å². The third-order valence-electron chi connectivity index (χ3n) is 9.52. The van der Waals surface area contributed by atoms with Crippen molar-refractivity contribution in [1.29, 1.82) is 0 Å². The van der Waals surface area contributed by atoms with E-state index in [0.29, 0.717) is 0 Å². The predicted octanol–water partition coefficient (Wildman–Crippen LogP) is 13.0. The zero-order valence-electron chi connectivity index (χ0n) is 25.3. The van der Waals surface area contributed by atoms with Crippen LogP contribution in [-0.4, -0.2) is 0 Å². The van der Waals surface area contributed by atoms with Crippen LogP contribution in [0.15, 0.2) is 182 Å². The summed E-state index contributed by atoms with van der Waals surface area (Å²) in [7, 11) is 0. The van der Waals surface area contributed by atoms with Gasteiger partial charge < -0.3 is 0 Å². The molecule has 0 spiro atoms. The zero-order chi connectivity index (χ0) is 30.5. The van der Waals surface area contributed by atoms with E-state index in [2.05, 4.69) is 182 Å². The van der Waals surface area contributed by atoms with Crippen molar-refractivity contribution in [3.8, 4) is 44.5 Å². The average molecular weight is 583 g/mol. The predicted molar refractivity (Wildman–Crippen MR) is 198 cm³/mol. The summed E-state index contributed by atoms with van der Waals surface area (Å²) in [6, 6.07) is 66.5. The summed E-state index contributed by atoms with van der Waals surface area (Å²) in [5.41, 5.74) is 10.0. The second-order valence-electron chi connectivity index (χ2n) is 12.0.